The van der Waals surface area contributed by atoms with Gasteiger partial charge in [0.2, 0.25) is 0 Å². The third-order valence-corrected chi connectivity index (χ3v) is 3.20. The van der Waals surface area contributed by atoms with Gasteiger partial charge in [0.1, 0.15) is 17.3 Å². The van der Waals surface area contributed by atoms with Gasteiger partial charge in [0.15, 0.2) is 0 Å². The van der Waals surface area contributed by atoms with E-state index in [4.69, 9.17) is 5.73 Å². The van der Waals surface area contributed by atoms with E-state index in [-0.39, 0.29) is 0 Å². The molecule has 0 radical (unpaired) electrons. The molecule has 0 bridgehead atoms. The molecule has 0 fully saturated rings. The highest BCUT2D eigenvalue weighted by molar-refractivity contribution is 5.72. The number of allylic oxidation sites excluding steroid dienone is 1. The highest BCUT2D eigenvalue weighted by Gasteiger charge is 2.17. The summed E-state index contributed by atoms with van der Waals surface area (Å²) < 4.78 is 3.82. The van der Waals surface area contributed by atoms with Crippen molar-refractivity contribution < 1.29 is 0 Å². The van der Waals surface area contributed by atoms with E-state index in [9.17, 15) is 0 Å². The molecule has 0 saturated carbocycles. The number of nitrogens with zero attached hydrogens (tertiary/aromatic N) is 4. The quantitative estimate of drug-likeness (QED) is 0.837. The Morgan fingerprint density at radius 1 is 1.50 bits per heavy atom. The van der Waals surface area contributed by atoms with Crippen molar-refractivity contribution in [2.24, 2.45) is 7.05 Å². The van der Waals surface area contributed by atoms with Crippen molar-refractivity contribution >= 4 is 5.82 Å². The number of imidazole rings is 1. The van der Waals surface area contributed by atoms with Gasteiger partial charge in [0.25, 0.3) is 0 Å². The van der Waals surface area contributed by atoms with Crippen LogP contribution in [0.5, 0.6) is 0 Å². The van der Waals surface area contributed by atoms with Gasteiger partial charge in [0, 0.05) is 31.3 Å². The molecule has 0 unspecified atom stereocenters. The maximum absolute atomic E-state index is 6.19. The molecule has 2 rings (SSSR count). The van der Waals surface area contributed by atoms with Crippen LogP contribution in [0.4, 0.5) is 5.82 Å². The predicted octanol–water partition coefficient (Wildman–Crippen LogP) is 1.92. The van der Waals surface area contributed by atoms with E-state index in [0.717, 1.165) is 29.2 Å². The van der Waals surface area contributed by atoms with E-state index < -0.39 is 0 Å². The maximum atomic E-state index is 6.19. The average molecular weight is 245 g/mol. The second-order valence-electron chi connectivity index (χ2n) is 4.28. The fourth-order valence-corrected chi connectivity index (χ4v) is 2.05. The number of rotatable bonds is 4. The van der Waals surface area contributed by atoms with Gasteiger partial charge in [-0.25, -0.2) is 4.98 Å². The van der Waals surface area contributed by atoms with Crippen molar-refractivity contribution in [3.05, 3.63) is 30.4 Å². The minimum Gasteiger partial charge on any atom is -0.383 e. The van der Waals surface area contributed by atoms with E-state index in [2.05, 4.69) is 23.6 Å². The summed E-state index contributed by atoms with van der Waals surface area (Å²) in [5.74, 6) is 1.66. The topological polar surface area (TPSA) is 61.7 Å². The van der Waals surface area contributed by atoms with Gasteiger partial charge in [-0.3, -0.25) is 4.68 Å². The standard InChI is InChI=1S/C13H19N5/c1-5-7-18-11(6-2)16-12(13(18)14)10-8-15-17(4)9(10)3/h5,8H,1,6-7,14H2,2-4H3. The lowest BCUT2D eigenvalue weighted by Gasteiger charge is -2.05. The van der Waals surface area contributed by atoms with Crippen LogP contribution in [0.3, 0.4) is 0 Å². The summed E-state index contributed by atoms with van der Waals surface area (Å²) in [7, 11) is 1.91. The van der Waals surface area contributed by atoms with Crippen LogP contribution in [-0.2, 0) is 20.0 Å². The van der Waals surface area contributed by atoms with Crippen LogP contribution in [0.1, 0.15) is 18.4 Å². The molecule has 2 heterocycles. The molecule has 2 aromatic heterocycles. The van der Waals surface area contributed by atoms with Gasteiger partial charge >= 0.3 is 0 Å². The van der Waals surface area contributed by atoms with Gasteiger partial charge < -0.3 is 10.3 Å². The minimum atomic E-state index is 0.682. The number of hydrogen-bond acceptors (Lipinski definition) is 3. The number of aromatic nitrogens is 4. The normalized spacial score (nSPS) is 10.8. The molecule has 0 aromatic carbocycles. The van der Waals surface area contributed by atoms with Crippen LogP contribution >= 0.6 is 0 Å². The molecule has 0 spiro atoms. The Morgan fingerprint density at radius 3 is 2.72 bits per heavy atom. The molecule has 0 saturated heterocycles. The highest BCUT2D eigenvalue weighted by atomic mass is 15.3. The number of aryl methyl sites for hydroxylation is 2. The average Bonchev–Trinajstić information content (AvgIpc) is 2.84. The summed E-state index contributed by atoms with van der Waals surface area (Å²) in [6, 6.07) is 0. The number of nitrogen functional groups attached to an aromatic ring is 1. The van der Waals surface area contributed by atoms with Crippen molar-refractivity contribution in [2.45, 2.75) is 26.8 Å². The monoisotopic (exact) mass is 245 g/mol. The molecule has 0 amide bonds. The van der Waals surface area contributed by atoms with E-state index in [0.29, 0.717) is 12.4 Å². The van der Waals surface area contributed by atoms with Crippen LogP contribution in [0.25, 0.3) is 11.3 Å². The molecule has 5 heteroatoms. The molecule has 0 atom stereocenters. The molecule has 18 heavy (non-hydrogen) atoms. The fourth-order valence-electron chi connectivity index (χ4n) is 2.05. The zero-order valence-corrected chi connectivity index (χ0v) is 11.1. The summed E-state index contributed by atoms with van der Waals surface area (Å²) >= 11 is 0. The Bertz CT molecular complexity index is 576. The summed E-state index contributed by atoms with van der Waals surface area (Å²) in [6.45, 7) is 8.52. The van der Waals surface area contributed by atoms with E-state index >= 15 is 0 Å². The van der Waals surface area contributed by atoms with Crippen LogP contribution in [0, 0.1) is 6.92 Å². The SMILES string of the molecule is C=CCn1c(CC)nc(-c2cnn(C)c2C)c1N. The van der Waals surface area contributed by atoms with E-state index in [1.807, 2.05) is 35.5 Å². The fraction of sp³-hybridized carbons (Fsp3) is 0.385. The molecular weight excluding hydrogens is 226 g/mol. The molecule has 2 N–H and O–H groups in total. The number of nitrogens with two attached hydrogens (primary N) is 1. The summed E-state index contributed by atoms with van der Waals surface area (Å²) in [4.78, 5) is 4.63. The first kappa shape index (κ1) is 12.4. The molecule has 2 aromatic rings. The third kappa shape index (κ3) is 1.81. The van der Waals surface area contributed by atoms with Crippen LogP contribution < -0.4 is 5.73 Å². The van der Waals surface area contributed by atoms with Crippen molar-refractivity contribution in [2.75, 3.05) is 5.73 Å². The van der Waals surface area contributed by atoms with Crippen LogP contribution in [-0.4, -0.2) is 19.3 Å². The molecule has 0 aliphatic heterocycles. The third-order valence-electron chi connectivity index (χ3n) is 3.20. The second kappa shape index (κ2) is 4.68. The largest absolute Gasteiger partial charge is 0.383 e. The molecular formula is C13H19N5. The zero-order valence-electron chi connectivity index (χ0n) is 11.1. The summed E-state index contributed by atoms with van der Waals surface area (Å²) in [5, 5.41) is 4.24. The predicted molar refractivity (Wildman–Crippen MR) is 73.2 cm³/mol. The first-order chi connectivity index (χ1) is 8.60. The summed E-state index contributed by atoms with van der Waals surface area (Å²) in [5.41, 5.74) is 9.07. The van der Waals surface area contributed by atoms with Crippen LogP contribution in [0.15, 0.2) is 18.9 Å². The number of anilines is 1. The van der Waals surface area contributed by atoms with Gasteiger partial charge in [-0.05, 0) is 6.92 Å². The Balaban J connectivity index is 2.58. The molecule has 5 nitrogen and oxygen atoms in total. The van der Waals surface area contributed by atoms with Crippen LogP contribution in [0.2, 0.25) is 0 Å². The first-order valence-electron chi connectivity index (χ1n) is 6.04. The van der Waals surface area contributed by atoms with Gasteiger partial charge in [-0.1, -0.05) is 13.0 Å². The van der Waals surface area contributed by atoms with Gasteiger partial charge in [-0.2, -0.15) is 5.10 Å². The Hall–Kier alpha value is -2.04. The second-order valence-corrected chi connectivity index (χ2v) is 4.28. The smallest absolute Gasteiger partial charge is 0.132 e. The maximum Gasteiger partial charge on any atom is 0.132 e. The van der Waals surface area contributed by atoms with Crippen molar-refractivity contribution in [1.82, 2.24) is 19.3 Å². The first-order valence-corrected chi connectivity index (χ1v) is 6.04. The van der Waals surface area contributed by atoms with Crippen molar-refractivity contribution in [3.63, 3.8) is 0 Å². The Labute approximate surface area is 107 Å². The lowest BCUT2D eigenvalue weighted by molar-refractivity contribution is 0.740. The van der Waals surface area contributed by atoms with Gasteiger partial charge in [-0.15, -0.1) is 6.58 Å². The lowest BCUT2D eigenvalue weighted by Crippen LogP contribution is -2.05. The minimum absolute atomic E-state index is 0.682. The Morgan fingerprint density at radius 2 is 2.22 bits per heavy atom. The van der Waals surface area contributed by atoms with Gasteiger partial charge in [0.05, 0.1) is 6.20 Å². The lowest BCUT2D eigenvalue weighted by atomic mass is 10.2. The Kier molecular flexibility index (Phi) is 3.23. The van der Waals surface area contributed by atoms with E-state index in [1.165, 1.54) is 0 Å². The zero-order chi connectivity index (χ0) is 13.3. The summed E-state index contributed by atoms with van der Waals surface area (Å²) in [6.07, 6.45) is 4.49. The van der Waals surface area contributed by atoms with Crippen molar-refractivity contribution in [3.8, 4) is 11.3 Å². The molecule has 0 aliphatic rings. The molecule has 0 aliphatic carbocycles. The molecule has 96 valence electrons. The highest BCUT2D eigenvalue weighted by Crippen LogP contribution is 2.28. The van der Waals surface area contributed by atoms with Crippen molar-refractivity contribution in [1.29, 1.82) is 0 Å². The van der Waals surface area contributed by atoms with E-state index in [1.54, 1.807) is 0 Å². The number of hydrogen-bond donors (Lipinski definition) is 1.